The van der Waals surface area contributed by atoms with Crippen molar-refractivity contribution in [3.05, 3.63) is 24.3 Å². The summed E-state index contributed by atoms with van der Waals surface area (Å²) in [6.07, 6.45) is -12.0. The second-order valence-electron chi connectivity index (χ2n) is 5.01. The van der Waals surface area contributed by atoms with Crippen molar-refractivity contribution >= 4 is 17.7 Å². The number of halogens is 6. The summed E-state index contributed by atoms with van der Waals surface area (Å²) in [6.45, 7) is 1.84. The highest BCUT2D eigenvalue weighted by Crippen LogP contribution is 2.34. The number of hydrogen-bond acceptors (Lipinski definition) is 6. The Morgan fingerprint density at radius 1 is 0.929 bits per heavy atom. The number of rotatable bonds is 7. The molecule has 1 aromatic carbocycles. The summed E-state index contributed by atoms with van der Waals surface area (Å²) < 4.78 is 90.1. The first kappa shape index (κ1) is 23.2. The van der Waals surface area contributed by atoms with Crippen LogP contribution in [0.5, 0.6) is 5.75 Å². The van der Waals surface area contributed by atoms with Gasteiger partial charge in [0.1, 0.15) is 5.75 Å². The number of nitrogens with one attached hydrogen (secondary N) is 2. The highest BCUT2D eigenvalue weighted by atomic mass is 19.4. The predicted octanol–water partition coefficient (Wildman–Crippen LogP) is 3.56. The van der Waals surface area contributed by atoms with Crippen molar-refractivity contribution in [2.45, 2.75) is 32.0 Å². The van der Waals surface area contributed by atoms with Gasteiger partial charge in [-0.2, -0.15) is 13.2 Å². The molecule has 0 aliphatic heterocycles. The maximum Gasteiger partial charge on any atom is 0.573 e. The van der Waals surface area contributed by atoms with E-state index >= 15 is 0 Å². The monoisotopic (exact) mass is 418 g/mol. The van der Waals surface area contributed by atoms with Gasteiger partial charge in [0.2, 0.25) is 0 Å². The first-order valence-electron chi connectivity index (χ1n) is 7.67. The Bertz CT molecular complexity index is 677. The molecule has 0 saturated heterocycles. The van der Waals surface area contributed by atoms with Gasteiger partial charge in [-0.25, -0.2) is 9.59 Å². The van der Waals surface area contributed by atoms with Crippen LogP contribution in [0.4, 0.5) is 36.8 Å². The molecule has 2 N–H and O–H groups in total. The number of ether oxygens (including phenoxy) is 3. The van der Waals surface area contributed by atoms with Crippen molar-refractivity contribution in [2.75, 3.05) is 18.5 Å². The Morgan fingerprint density at radius 3 is 1.89 bits per heavy atom. The Labute approximate surface area is 154 Å². The fourth-order valence-electron chi connectivity index (χ4n) is 1.91. The fourth-order valence-corrected chi connectivity index (χ4v) is 1.91. The van der Waals surface area contributed by atoms with Gasteiger partial charge in [-0.15, -0.1) is 13.2 Å². The van der Waals surface area contributed by atoms with E-state index in [1.165, 1.54) is 19.2 Å². The summed E-state index contributed by atoms with van der Waals surface area (Å²) in [6, 6.07) is 3.00. The van der Waals surface area contributed by atoms with Gasteiger partial charge in [0.25, 0.3) is 0 Å². The summed E-state index contributed by atoms with van der Waals surface area (Å²) in [5, 5.41) is 3.12. The van der Waals surface area contributed by atoms with E-state index in [9.17, 15) is 35.9 Å². The number of esters is 1. The molecule has 1 amide bonds. The molecule has 0 radical (unpaired) electrons. The molecule has 0 fully saturated rings. The fraction of sp³-hybridized carbons (Fsp3) is 0.467. The van der Waals surface area contributed by atoms with Gasteiger partial charge < -0.3 is 19.5 Å². The van der Waals surface area contributed by atoms with Gasteiger partial charge in [-0.1, -0.05) is 0 Å². The molecule has 0 aliphatic rings. The molecule has 0 spiro atoms. The molecule has 0 saturated carbocycles. The quantitative estimate of drug-likeness (QED) is 0.400. The number of carbonyl (C=O) groups excluding carboxylic acids is 2. The number of alkyl halides is 6. The van der Waals surface area contributed by atoms with Gasteiger partial charge >= 0.3 is 30.3 Å². The van der Waals surface area contributed by atoms with Crippen LogP contribution in [-0.2, 0) is 14.3 Å². The van der Waals surface area contributed by atoms with Crippen molar-refractivity contribution in [1.82, 2.24) is 5.32 Å². The molecule has 13 heteroatoms. The van der Waals surface area contributed by atoms with Crippen LogP contribution in [0.2, 0.25) is 0 Å². The van der Waals surface area contributed by atoms with Crippen LogP contribution in [0.3, 0.4) is 0 Å². The summed E-state index contributed by atoms with van der Waals surface area (Å²) in [7, 11) is 0. The van der Waals surface area contributed by atoms with E-state index in [1.54, 1.807) is 5.32 Å². The Hall–Kier alpha value is -2.86. The topological polar surface area (TPSA) is 85.9 Å². The van der Waals surface area contributed by atoms with Crippen molar-refractivity contribution in [3.8, 4) is 5.75 Å². The highest BCUT2D eigenvalue weighted by molar-refractivity contribution is 5.89. The summed E-state index contributed by atoms with van der Waals surface area (Å²) >= 11 is 0. The van der Waals surface area contributed by atoms with Gasteiger partial charge in [-0.3, -0.25) is 5.32 Å². The van der Waals surface area contributed by atoms with Gasteiger partial charge in [0, 0.05) is 5.69 Å². The molecule has 0 unspecified atom stereocenters. The van der Waals surface area contributed by atoms with Crippen molar-refractivity contribution in [3.63, 3.8) is 0 Å². The van der Waals surface area contributed by atoms with E-state index in [-0.39, 0.29) is 6.61 Å². The van der Waals surface area contributed by atoms with Crippen molar-refractivity contribution < 1.29 is 50.1 Å². The van der Waals surface area contributed by atoms with Crippen LogP contribution in [0, 0.1) is 0 Å². The average molecular weight is 418 g/mol. The van der Waals surface area contributed by atoms with Gasteiger partial charge in [0.15, 0.2) is 0 Å². The average Bonchev–Trinajstić information content (AvgIpc) is 2.54. The minimum absolute atomic E-state index is 0.286. The lowest BCUT2D eigenvalue weighted by molar-refractivity contribution is -0.274. The molecule has 1 aromatic rings. The van der Waals surface area contributed by atoms with Gasteiger partial charge in [-0.05, 0) is 38.1 Å². The normalized spacial score (nSPS) is 13.9. The maximum absolute atomic E-state index is 13.7. The zero-order valence-corrected chi connectivity index (χ0v) is 14.5. The SMILES string of the molecule is CCOC(=O)N[C@@](Nc1ccc(OC(F)(F)F)cc1)(C(=O)OCC)C(F)(F)F. The Morgan fingerprint density at radius 2 is 1.46 bits per heavy atom. The Kier molecular flexibility index (Phi) is 7.36. The predicted molar refractivity (Wildman–Crippen MR) is 82.3 cm³/mol. The lowest BCUT2D eigenvalue weighted by Crippen LogP contribution is -2.69. The lowest BCUT2D eigenvalue weighted by Gasteiger charge is -2.34. The summed E-state index contributed by atoms with van der Waals surface area (Å²) in [5.41, 5.74) is -4.21. The van der Waals surface area contributed by atoms with E-state index in [1.807, 2.05) is 0 Å². The molecular formula is C15H16F6N2O5. The maximum atomic E-state index is 13.7. The van der Waals surface area contributed by atoms with E-state index in [0.717, 1.165) is 12.1 Å². The largest absolute Gasteiger partial charge is 0.573 e. The second-order valence-corrected chi connectivity index (χ2v) is 5.01. The van der Waals surface area contributed by atoms with Crippen LogP contribution < -0.4 is 15.4 Å². The van der Waals surface area contributed by atoms with Crippen LogP contribution in [0.1, 0.15) is 13.8 Å². The van der Waals surface area contributed by atoms with Crippen LogP contribution in [0.25, 0.3) is 0 Å². The molecule has 28 heavy (non-hydrogen) atoms. The second kappa shape index (κ2) is 8.89. The number of anilines is 1. The standard InChI is InChI=1S/C15H16F6N2O5/c1-3-26-11(24)13(14(16,17)18,23-12(25)27-4-2)22-9-5-7-10(8-6-9)28-15(19,20)21/h5-8,22H,3-4H2,1-2H3,(H,23,25)/t13-/m0/s1. The molecule has 0 aromatic heterocycles. The molecule has 158 valence electrons. The third-order valence-corrected chi connectivity index (χ3v) is 2.99. The minimum Gasteiger partial charge on any atom is -0.463 e. The van der Waals surface area contributed by atoms with E-state index < -0.39 is 48.3 Å². The molecule has 1 rings (SSSR count). The zero-order valence-electron chi connectivity index (χ0n) is 14.5. The summed E-state index contributed by atoms with van der Waals surface area (Å²) in [5.74, 6) is -2.60. The summed E-state index contributed by atoms with van der Waals surface area (Å²) in [4.78, 5) is 23.7. The van der Waals surface area contributed by atoms with E-state index in [0.29, 0.717) is 12.1 Å². The minimum atomic E-state index is -5.41. The first-order valence-corrected chi connectivity index (χ1v) is 7.67. The number of carbonyl (C=O) groups is 2. The molecule has 0 aliphatic carbocycles. The van der Waals surface area contributed by atoms with E-state index in [2.05, 4.69) is 14.2 Å². The van der Waals surface area contributed by atoms with Crippen molar-refractivity contribution in [2.24, 2.45) is 0 Å². The molecule has 0 heterocycles. The number of alkyl carbamates (subject to hydrolysis) is 1. The van der Waals surface area contributed by atoms with Crippen LogP contribution in [-0.4, -0.2) is 43.5 Å². The number of amides is 1. The van der Waals surface area contributed by atoms with Crippen molar-refractivity contribution in [1.29, 1.82) is 0 Å². The molecule has 0 bridgehead atoms. The third kappa shape index (κ3) is 6.09. The van der Waals surface area contributed by atoms with Crippen LogP contribution in [0.15, 0.2) is 24.3 Å². The highest BCUT2D eigenvalue weighted by Gasteiger charge is 2.64. The molecule has 1 atom stereocenters. The first-order chi connectivity index (χ1) is 12.8. The molecule has 7 nitrogen and oxygen atoms in total. The van der Waals surface area contributed by atoms with Crippen LogP contribution >= 0.6 is 0 Å². The Balaban J connectivity index is 3.26. The third-order valence-electron chi connectivity index (χ3n) is 2.99. The molecular weight excluding hydrogens is 402 g/mol. The smallest absolute Gasteiger partial charge is 0.463 e. The number of benzene rings is 1. The van der Waals surface area contributed by atoms with E-state index in [4.69, 9.17) is 0 Å². The lowest BCUT2D eigenvalue weighted by atomic mass is 10.1. The number of hydrogen-bond donors (Lipinski definition) is 2. The van der Waals surface area contributed by atoms with Gasteiger partial charge in [0.05, 0.1) is 13.2 Å². The zero-order chi connectivity index (χ0) is 21.6.